The van der Waals surface area contributed by atoms with Crippen molar-refractivity contribution in [3.8, 4) is 0 Å². The van der Waals surface area contributed by atoms with Crippen molar-refractivity contribution in [2.75, 3.05) is 13.1 Å². The van der Waals surface area contributed by atoms with Crippen molar-refractivity contribution >= 4 is 33.4 Å². The summed E-state index contributed by atoms with van der Waals surface area (Å²) in [7, 11) is 0. The quantitative estimate of drug-likeness (QED) is 0.790. The number of rotatable bonds is 2. The van der Waals surface area contributed by atoms with Crippen LogP contribution in [0, 0.1) is 0 Å². The number of likely N-dealkylation sites (tertiary alicyclic amines) is 1. The second-order valence-electron chi connectivity index (χ2n) is 4.66. The van der Waals surface area contributed by atoms with Crippen molar-refractivity contribution in [1.29, 1.82) is 0 Å². The Morgan fingerprint density at radius 1 is 1.47 bits per heavy atom. The van der Waals surface area contributed by atoms with Gasteiger partial charge in [-0.3, -0.25) is 4.79 Å². The van der Waals surface area contributed by atoms with Gasteiger partial charge in [-0.2, -0.15) is 0 Å². The molecule has 0 atom stereocenters. The number of piperidine rings is 1. The van der Waals surface area contributed by atoms with Crippen molar-refractivity contribution in [3.63, 3.8) is 0 Å². The molecule has 1 aromatic carbocycles. The molecule has 1 amide bonds. The lowest BCUT2D eigenvalue weighted by Gasteiger charge is -2.32. The zero-order valence-corrected chi connectivity index (χ0v) is 12.5. The van der Waals surface area contributed by atoms with E-state index in [2.05, 4.69) is 15.9 Å². The number of carbonyl (C=O) groups excluding carboxylic acids is 1. The van der Waals surface area contributed by atoms with E-state index in [-0.39, 0.29) is 18.7 Å². The minimum atomic E-state index is -2.76. The van der Waals surface area contributed by atoms with E-state index in [0.29, 0.717) is 28.0 Å². The number of alkyl halides is 2. The molecule has 1 heterocycles. The van der Waals surface area contributed by atoms with Crippen LogP contribution in [0.4, 0.5) is 8.78 Å². The van der Waals surface area contributed by atoms with Crippen LogP contribution in [-0.4, -0.2) is 29.8 Å². The molecule has 1 fully saturated rings. The van der Waals surface area contributed by atoms with E-state index in [4.69, 9.17) is 11.6 Å². The third kappa shape index (κ3) is 3.66. The van der Waals surface area contributed by atoms with Gasteiger partial charge < -0.3 is 4.90 Å². The molecule has 1 saturated heterocycles. The lowest BCUT2D eigenvalue weighted by Crippen LogP contribution is -2.46. The van der Waals surface area contributed by atoms with Gasteiger partial charge in [0, 0.05) is 17.4 Å². The number of hydrogen-bond donors (Lipinski definition) is 0. The first-order chi connectivity index (χ1) is 8.89. The number of benzene rings is 1. The first kappa shape index (κ1) is 14.7. The summed E-state index contributed by atoms with van der Waals surface area (Å²) in [5.74, 6) is -3.05. The Morgan fingerprint density at radius 2 is 2.21 bits per heavy atom. The highest BCUT2D eigenvalue weighted by Crippen LogP contribution is 2.29. The molecule has 0 bridgehead atoms. The van der Waals surface area contributed by atoms with Crippen LogP contribution in [0.25, 0.3) is 0 Å². The fourth-order valence-electron chi connectivity index (χ4n) is 2.14. The summed E-state index contributed by atoms with van der Waals surface area (Å²) in [4.78, 5) is 13.3. The highest BCUT2D eigenvalue weighted by molar-refractivity contribution is 9.10. The van der Waals surface area contributed by atoms with Gasteiger partial charge in [-0.05, 0) is 34.0 Å². The van der Waals surface area contributed by atoms with Crippen molar-refractivity contribution in [1.82, 2.24) is 4.90 Å². The van der Waals surface area contributed by atoms with Gasteiger partial charge in [-0.1, -0.05) is 23.7 Å². The second kappa shape index (κ2) is 5.75. The zero-order valence-electron chi connectivity index (χ0n) is 10.1. The molecule has 1 aliphatic heterocycles. The van der Waals surface area contributed by atoms with Crippen molar-refractivity contribution in [2.24, 2.45) is 0 Å². The second-order valence-corrected chi connectivity index (χ2v) is 5.86. The highest BCUT2D eigenvalue weighted by Gasteiger charge is 2.36. The largest absolute Gasteiger partial charge is 0.336 e. The van der Waals surface area contributed by atoms with E-state index in [1.165, 1.54) is 4.90 Å². The Hall–Kier alpha value is -0.680. The summed E-state index contributed by atoms with van der Waals surface area (Å²) in [6.45, 7) is -0.0867. The van der Waals surface area contributed by atoms with Crippen LogP contribution in [-0.2, 0) is 11.2 Å². The molecule has 1 aromatic rings. The maximum Gasteiger partial charge on any atom is 0.265 e. The first-order valence-corrected chi connectivity index (χ1v) is 7.15. The van der Waals surface area contributed by atoms with Gasteiger partial charge in [0.1, 0.15) is 0 Å². The van der Waals surface area contributed by atoms with E-state index in [9.17, 15) is 13.6 Å². The molecule has 19 heavy (non-hydrogen) atoms. The van der Waals surface area contributed by atoms with E-state index in [1.807, 2.05) is 0 Å². The summed E-state index contributed by atoms with van der Waals surface area (Å²) in [6, 6.07) is 5.20. The molecule has 0 radical (unpaired) electrons. The van der Waals surface area contributed by atoms with Gasteiger partial charge in [0.15, 0.2) is 0 Å². The zero-order chi connectivity index (χ0) is 14.0. The Labute approximate surface area is 123 Å². The predicted octanol–water partition coefficient (Wildman–Crippen LogP) is 3.90. The Balaban J connectivity index is 2.07. The Bertz CT molecular complexity index is 496. The van der Waals surface area contributed by atoms with Crippen LogP contribution in [0.1, 0.15) is 18.4 Å². The van der Waals surface area contributed by atoms with Crippen LogP contribution in [0.15, 0.2) is 22.7 Å². The fraction of sp³-hybridized carbons (Fsp3) is 0.462. The molecule has 0 unspecified atom stereocenters. The first-order valence-electron chi connectivity index (χ1n) is 5.97. The van der Waals surface area contributed by atoms with Crippen LogP contribution in [0.3, 0.4) is 0 Å². The summed E-state index contributed by atoms with van der Waals surface area (Å²) in [5.41, 5.74) is 0.714. The molecule has 0 saturated carbocycles. The number of amides is 1. The topological polar surface area (TPSA) is 20.3 Å². The molecule has 0 aromatic heterocycles. The van der Waals surface area contributed by atoms with Crippen molar-refractivity contribution in [3.05, 3.63) is 33.3 Å². The molecular weight excluding hydrogens is 340 g/mol. The number of nitrogens with zero attached hydrogens (tertiary/aromatic N) is 1. The van der Waals surface area contributed by atoms with Crippen LogP contribution in [0.2, 0.25) is 5.02 Å². The highest BCUT2D eigenvalue weighted by atomic mass is 79.9. The average molecular weight is 353 g/mol. The number of hydrogen-bond acceptors (Lipinski definition) is 1. The standard InChI is InChI=1S/C13H13BrClF2NO/c14-12-9(3-1-4-10(12)15)7-11(19)18-6-2-5-13(16,17)8-18/h1,3-4H,2,5-8H2. The van der Waals surface area contributed by atoms with Gasteiger partial charge in [0.05, 0.1) is 18.0 Å². The third-order valence-electron chi connectivity index (χ3n) is 3.12. The molecule has 104 valence electrons. The van der Waals surface area contributed by atoms with E-state index < -0.39 is 12.5 Å². The lowest BCUT2D eigenvalue weighted by molar-refractivity contribution is -0.140. The van der Waals surface area contributed by atoms with Crippen LogP contribution < -0.4 is 0 Å². The molecule has 6 heteroatoms. The SMILES string of the molecule is O=C(Cc1cccc(Cl)c1Br)N1CCCC(F)(F)C1. The molecule has 0 spiro atoms. The van der Waals surface area contributed by atoms with Gasteiger partial charge >= 0.3 is 0 Å². The third-order valence-corrected chi connectivity index (χ3v) is 4.60. The normalized spacial score (nSPS) is 18.4. The maximum atomic E-state index is 13.3. The lowest BCUT2D eigenvalue weighted by atomic mass is 10.1. The van der Waals surface area contributed by atoms with Crippen LogP contribution in [0.5, 0.6) is 0 Å². The average Bonchev–Trinajstić information content (AvgIpc) is 2.33. The van der Waals surface area contributed by atoms with Crippen LogP contribution >= 0.6 is 27.5 Å². The van der Waals surface area contributed by atoms with E-state index in [0.717, 1.165) is 0 Å². The predicted molar refractivity (Wildman–Crippen MR) is 73.6 cm³/mol. The molecule has 2 nitrogen and oxygen atoms in total. The molecule has 0 aliphatic carbocycles. The summed E-state index contributed by atoms with van der Waals surface area (Å²) in [6.07, 6.45) is 0.282. The summed E-state index contributed by atoms with van der Waals surface area (Å²) >= 11 is 9.24. The van der Waals surface area contributed by atoms with E-state index in [1.54, 1.807) is 18.2 Å². The molecular formula is C13H13BrClF2NO. The maximum absolute atomic E-state index is 13.3. The number of halogens is 4. The monoisotopic (exact) mass is 351 g/mol. The van der Waals surface area contributed by atoms with Crippen molar-refractivity contribution < 1.29 is 13.6 Å². The van der Waals surface area contributed by atoms with Gasteiger partial charge in [0.25, 0.3) is 5.92 Å². The Morgan fingerprint density at radius 3 is 2.89 bits per heavy atom. The minimum absolute atomic E-state index is 0.0806. The molecule has 2 rings (SSSR count). The van der Waals surface area contributed by atoms with Crippen molar-refractivity contribution in [2.45, 2.75) is 25.2 Å². The molecule has 1 aliphatic rings. The molecule has 0 N–H and O–H groups in total. The van der Waals surface area contributed by atoms with Gasteiger partial charge in [-0.15, -0.1) is 0 Å². The minimum Gasteiger partial charge on any atom is -0.336 e. The summed E-state index contributed by atoms with van der Waals surface area (Å²) in [5, 5.41) is 0.509. The van der Waals surface area contributed by atoms with Gasteiger partial charge in [-0.25, -0.2) is 8.78 Å². The fourth-order valence-corrected chi connectivity index (χ4v) is 2.74. The summed E-state index contributed by atoms with van der Waals surface area (Å²) < 4.78 is 27.2. The number of carbonyl (C=O) groups is 1. The van der Waals surface area contributed by atoms with E-state index >= 15 is 0 Å². The smallest absolute Gasteiger partial charge is 0.265 e. The van der Waals surface area contributed by atoms with Gasteiger partial charge in [0.2, 0.25) is 5.91 Å². The Kier molecular flexibility index (Phi) is 4.46.